The van der Waals surface area contributed by atoms with E-state index in [1.54, 1.807) is 0 Å². The maximum absolute atomic E-state index is 6.27. The first-order chi connectivity index (χ1) is 7.71. The Kier molecular flexibility index (Phi) is 2.41. The van der Waals surface area contributed by atoms with Gasteiger partial charge in [0.25, 0.3) is 0 Å². The molecule has 0 aromatic heterocycles. The van der Waals surface area contributed by atoms with E-state index in [2.05, 4.69) is 13.0 Å². The van der Waals surface area contributed by atoms with Crippen LogP contribution in [0.2, 0.25) is 0 Å². The van der Waals surface area contributed by atoms with Crippen molar-refractivity contribution in [3.8, 4) is 5.75 Å². The molecule has 0 amide bonds. The fraction of sp³-hybridized carbons (Fsp3) is 0.538. The van der Waals surface area contributed by atoms with Crippen LogP contribution >= 0.6 is 11.8 Å². The molecule has 1 fully saturated rings. The van der Waals surface area contributed by atoms with Crippen molar-refractivity contribution in [3.63, 3.8) is 0 Å². The number of ether oxygens (including phenoxy) is 1. The predicted molar refractivity (Wildman–Crippen MR) is 67.9 cm³/mol. The van der Waals surface area contributed by atoms with Gasteiger partial charge in [0.15, 0.2) is 0 Å². The van der Waals surface area contributed by atoms with Crippen LogP contribution in [0.25, 0.3) is 0 Å². The molecule has 16 heavy (non-hydrogen) atoms. The van der Waals surface area contributed by atoms with Gasteiger partial charge in [0, 0.05) is 23.3 Å². The maximum atomic E-state index is 6.27. The zero-order chi connectivity index (χ0) is 11.2. The van der Waals surface area contributed by atoms with Crippen LogP contribution in [0.3, 0.4) is 0 Å². The Hall–Kier alpha value is -0.670. The molecule has 2 nitrogen and oxygen atoms in total. The molecule has 0 radical (unpaired) electrons. The standard InChI is InChI=1S/C13H17NOS/c1-9-13(6-7-16-9)8-11(14)10-4-2-3-5-12(10)15-13/h2-5,9,11H,6-8,14H2,1H3/t9?,11-,13?/m0/s1. The summed E-state index contributed by atoms with van der Waals surface area (Å²) in [7, 11) is 0. The molecule has 3 rings (SSSR count). The topological polar surface area (TPSA) is 35.2 Å². The highest BCUT2D eigenvalue weighted by Crippen LogP contribution is 2.48. The van der Waals surface area contributed by atoms with Gasteiger partial charge < -0.3 is 10.5 Å². The van der Waals surface area contributed by atoms with Crippen molar-refractivity contribution in [2.75, 3.05) is 5.75 Å². The van der Waals surface area contributed by atoms with Crippen molar-refractivity contribution in [3.05, 3.63) is 29.8 Å². The molecule has 1 saturated heterocycles. The largest absolute Gasteiger partial charge is 0.486 e. The first-order valence-corrected chi connectivity index (χ1v) is 6.91. The molecule has 0 bridgehead atoms. The van der Waals surface area contributed by atoms with Gasteiger partial charge in [-0.2, -0.15) is 11.8 Å². The molecule has 2 aliphatic rings. The summed E-state index contributed by atoms with van der Waals surface area (Å²) in [4.78, 5) is 0. The van der Waals surface area contributed by atoms with Crippen molar-refractivity contribution in [1.29, 1.82) is 0 Å². The Morgan fingerprint density at radius 3 is 3.00 bits per heavy atom. The van der Waals surface area contributed by atoms with E-state index in [-0.39, 0.29) is 11.6 Å². The lowest BCUT2D eigenvalue weighted by atomic mass is 9.84. The number of nitrogens with two attached hydrogens (primary N) is 1. The van der Waals surface area contributed by atoms with Crippen LogP contribution < -0.4 is 10.5 Å². The Bertz CT molecular complexity index is 409. The second kappa shape index (κ2) is 3.67. The third-order valence-corrected chi connectivity index (χ3v) is 5.20. The van der Waals surface area contributed by atoms with E-state index in [1.165, 1.54) is 5.75 Å². The van der Waals surface area contributed by atoms with Crippen molar-refractivity contribution in [2.24, 2.45) is 5.73 Å². The van der Waals surface area contributed by atoms with E-state index in [9.17, 15) is 0 Å². The van der Waals surface area contributed by atoms with Gasteiger partial charge in [-0.3, -0.25) is 0 Å². The van der Waals surface area contributed by atoms with Gasteiger partial charge in [0.2, 0.25) is 0 Å². The summed E-state index contributed by atoms with van der Waals surface area (Å²) in [6.07, 6.45) is 2.08. The summed E-state index contributed by atoms with van der Waals surface area (Å²) in [6, 6.07) is 8.32. The van der Waals surface area contributed by atoms with E-state index in [1.807, 2.05) is 30.0 Å². The van der Waals surface area contributed by atoms with Crippen molar-refractivity contribution in [1.82, 2.24) is 0 Å². The summed E-state index contributed by atoms with van der Waals surface area (Å²) in [5, 5.41) is 0.548. The third kappa shape index (κ3) is 1.45. The first kappa shape index (κ1) is 10.5. The van der Waals surface area contributed by atoms with Gasteiger partial charge in [0.05, 0.1) is 0 Å². The molecule has 1 aromatic rings. The fourth-order valence-corrected chi connectivity index (χ4v) is 4.17. The molecule has 0 aliphatic carbocycles. The van der Waals surface area contributed by atoms with Gasteiger partial charge >= 0.3 is 0 Å². The summed E-state index contributed by atoms with van der Waals surface area (Å²) in [5.41, 5.74) is 7.42. The van der Waals surface area contributed by atoms with Gasteiger partial charge in [-0.15, -0.1) is 0 Å². The zero-order valence-corrected chi connectivity index (χ0v) is 10.3. The van der Waals surface area contributed by atoms with Gasteiger partial charge in [0.1, 0.15) is 11.4 Å². The second-order valence-electron chi connectivity index (χ2n) is 4.78. The molecular formula is C13H17NOS. The highest BCUT2D eigenvalue weighted by Gasteiger charge is 2.47. The van der Waals surface area contributed by atoms with Crippen molar-refractivity contribution < 1.29 is 4.74 Å². The normalized spacial score (nSPS) is 37.1. The van der Waals surface area contributed by atoms with Crippen LogP contribution in [0.15, 0.2) is 24.3 Å². The highest BCUT2D eigenvalue weighted by atomic mass is 32.2. The summed E-state index contributed by atoms with van der Waals surface area (Å²) < 4.78 is 6.26. The van der Waals surface area contributed by atoms with Crippen LogP contribution in [0.4, 0.5) is 0 Å². The summed E-state index contributed by atoms with van der Waals surface area (Å²) in [5.74, 6) is 2.19. The average molecular weight is 235 g/mol. The zero-order valence-electron chi connectivity index (χ0n) is 9.48. The fourth-order valence-electron chi connectivity index (χ4n) is 2.79. The maximum Gasteiger partial charge on any atom is 0.124 e. The molecule has 2 aliphatic heterocycles. The number of hydrogen-bond donors (Lipinski definition) is 1. The number of hydrogen-bond acceptors (Lipinski definition) is 3. The van der Waals surface area contributed by atoms with E-state index < -0.39 is 0 Å². The van der Waals surface area contributed by atoms with Crippen molar-refractivity contribution >= 4 is 11.8 Å². The van der Waals surface area contributed by atoms with Crippen LogP contribution in [0.5, 0.6) is 5.75 Å². The lowest BCUT2D eigenvalue weighted by Crippen LogP contribution is -2.46. The van der Waals surface area contributed by atoms with Crippen molar-refractivity contribution in [2.45, 2.75) is 36.7 Å². The average Bonchev–Trinajstić information content (AvgIpc) is 2.60. The molecule has 3 atom stereocenters. The van der Waals surface area contributed by atoms with E-state index in [0.717, 1.165) is 24.2 Å². The first-order valence-electron chi connectivity index (χ1n) is 5.86. The minimum absolute atomic E-state index is 0.0154. The minimum atomic E-state index is -0.0154. The quantitative estimate of drug-likeness (QED) is 0.751. The van der Waals surface area contributed by atoms with E-state index in [4.69, 9.17) is 10.5 Å². The molecule has 2 N–H and O–H groups in total. The molecule has 2 heterocycles. The van der Waals surface area contributed by atoms with E-state index in [0.29, 0.717) is 5.25 Å². The smallest absolute Gasteiger partial charge is 0.124 e. The van der Waals surface area contributed by atoms with Crippen LogP contribution in [-0.4, -0.2) is 16.6 Å². The summed E-state index contributed by atoms with van der Waals surface area (Å²) in [6.45, 7) is 2.26. The number of rotatable bonds is 0. The number of fused-ring (bicyclic) bond motifs is 1. The van der Waals surface area contributed by atoms with Gasteiger partial charge in [-0.05, 0) is 25.2 Å². The van der Waals surface area contributed by atoms with Crippen LogP contribution in [-0.2, 0) is 0 Å². The van der Waals surface area contributed by atoms with Crippen LogP contribution in [0, 0.1) is 0 Å². The van der Waals surface area contributed by atoms with Gasteiger partial charge in [-0.25, -0.2) is 0 Å². The molecular weight excluding hydrogens is 218 g/mol. The molecule has 2 unspecified atom stereocenters. The molecule has 1 aromatic carbocycles. The Morgan fingerprint density at radius 1 is 1.44 bits per heavy atom. The molecule has 0 saturated carbocycles. The lowest BCUT2D eigenvalue weighted by molar-refractivity contribution is 0.0411. The lowest BCUT2D eigenvalue weighted by Gasteiger charge is -2.41. The highest BCUT2D eigenvalue weighted by molar-refractivity contribution is 8.00. The Balaban J connectivity index is 2.00. The number of benzene rings is 1. The summed E-state index contributed by atoms with van der Waals surface area (Å²) >= 11 is 2.00. The molecule has 1 spiro atoms. The minimum Gasteiger partial charge on any atom is -0.486 e. The van der Waals surface area contributed by atoms with E-state index >= 15 is 0 Å². The van der Waals surface area contributed by atoms with Gasteiger partial charge in [-0.1, -0.05) is 18.2 Å². The SMILES string of the molecule is CC1SCCC12C[C@H](N)c1ccccc1O2. The van der Waals surface area contributed by atoms with Crippen LogP contribution in [0.1, 0.15) is 31.4 Å². The Labute approximate surface area is 101 Å². The number of para-hydroxylation sites is 1. The third-order valence-electron chi connectivity index (χ3n) is 3.83. The predicted octanol–water partition coefficient (Wildman–Crippen LogP) is 2.73. The second-order valence-corrected chi connectivity index (χ2v) is 6.23. The molecule has 86 valence electrons. The number of thioether (sulfide) groups is 1. The molecule has 3 heteroatoms. The Morgan fingerprint density at radius 2 is 2.25 bits per heavy atom. The monoisotopic (exact) mass is 235 g/mol.